The molecule has 3 aromatic rings. The number of nitrogens with zero attached hydrogens (tertiary/aromatic N) is 9. The van der Waals surface area contributed by atoms with Crippen LogP contribution in [0.1, 0.15) is 13.8 Å². The first-order chi connectivity index (χ1) is 18.6. The van der Waals surface area contributed by atoms with Gasteiger partial charge in [0.05, 0.1) is 18.8 Å². The third-order valence-electron chi connectivity index (χ3n) is 6.76. The molecule has 0 radical (unpaired) electrons. The Labute approximate surface area is 221 Å². The molecule has 39 heavy (non-hydrogen) atoms. The van der Waals surface area contributed by atoms with Crippen molar-refractivity contribution >= 4 is 34.8 Å². The fourth-order valence-corrected chi connectivity index (χ4v) is 5.18. The van der Waals surface area contributed by atoms with Crippen LogP contribution in [0.3, 0.4) is 0 Å². The van der Waals surface area contributed by atoms with Crippen LogP contribution in [0, 0.1) is 0 Å². The maximum atomic E-state index is 13.9. The first-order valence-electron chi connectivity index (χ1n) is 12.5. The van der Waals surface area contributed by atoms with Gasteiger partial charge in [-0.25, -0.2) is 24.9 Å². The Morgan fingerprint density at radius 1 is 1.08 bits per heavy atom. The number of halogens is 3. The van der Waals surface area contributed by atoms with Crippen molar-refractivity contribution in [3.8, 4) is 11.4 Å². The number of anilines is 3. The lowest BCUT2D eigenvalue weighted by Crippen LogP contribution is -2.59. The van der Waals surface area contributed by atoms with Gasteiger partial charge in [0, 0.05) is 50.7 Å². The van der Waals surface area contributed by atoms with Crippen LogP contribution in [0.4, 0.5) is 30.9 Å². The molecule has 210 valence electrons. The quantitative estimate of drug-likeness (QED) is 0.461. The van der Waals surface area contributed by atoms with Crippen molar-refractivity contribution in [2.24, 2.45) is 0 Å². The van der Waals surface area contributed by atoms with E-state index in [2.05, 4.69) is 24.9 Å². The third-order valence-corrected chi connectivity index (χ3v) is 6.76. The monoisotopic (exact) mass is 550 g/mol. The van der Waals surface area contributed by atoms with E-state index in [0.29, 0.717) is 37.7 Å². The van der Waals surface area contributed by atoms with Gasteiger partial charge in [0.2, 0.25) is 17.8 Å². The molecular formula is C23H29F3N10O3. The van der Waals surface area contributed by atoms with Crippen molar-refractivity contribution in [2.75, 3.05) is 61.5 Å². The Balaban J connectivity index is 1.67. The van der Waals surface area contributed by atoms with E-state index in [4.69, 9.17) is 10.5 Å². The second kappa shape index (κ2) is 10.4. The van der Waals surface area contributed by atoms with Crippen LogP contribution in [-0.2, 0) is 16.1 Å². The van der Waals surface area contributed by atoms with E-state index in [1.807, 2.05) is 4.90 Å². The number of nitrogen functional groups attached to an aromatic ring is 1. The standard InChI is InChI=1S/C23H29F3N10O3/c1-13-9-34(10-14(2)36(13)16(38)11-37)22-30-17-19(33-3-5-39-6-4-33)31-18(15-7-28-21(27)29-8-15)32-20(17)35(22)12-23(24,25)26/h7-8,13-14,37H,3-6,9-12H2,1-2H3,(H2,27,28,29). The van der Waals surface area contributed by atoms with E-state index in [1.54, 1.807) is 23.6 Å². The highest BCUT2D eigenvalue weighted by Crippen LogP contribution is 2.34. The van der Waals surface area contributed by atoms with Gasteiger partial charge in [0.25, 0.3) is 0 Å². The predicted octanol–water partition coefficient (Wildman–Crippen LogP) is 0.682. The smallest absolute Gasteiger partial charge is 0.387 e. The molecule has 16 heteroatoms. The maximum absolute atomic E-state index is 13.9. The average Bonchev–Trinajstić information content (AvgIpc) is 3.25. The fourth-order valence-electron chi connectivity index (χ4n) is 5.18. The van der Waals surface area contributed by atoms with Gasteiger partial charge in [-0.2, -0.15) is 13.2 Å². The summed E-state index contributed by atoms with van der Waals surface area (Å²) in [6.45, 7) is 3.84. The molecule has 2 unspecified atom stereocenters. The molecule has 0 bridgehead atoms. The molecule has 2 saturated heterocycles. The van der Waals surface area contributed by atoms with Gasteiger partial charge >= 0.3 is 6.18 Å². The van der Waals surface area contributed by atoms with Gasteiger partial charge in [0.15, 0.2) is 22.8 Å². The highest BCUT2D eigenvalue weighted by atomic mass is 19.4. The number of aliphatic hydroxyl groups excluding tert-OH is 1. The first-order valence-corrected chi connectivity index (χ1v) is 12.5. The zero-order chi connectivity index (χ0) is 27.9. The van der Waals surface area contributed by atoms with E-state index in [-0.39, 0.29) is 54.1 Å². The van der Waals surface area contributed by atoms with Crippen LogP contribution in [0.5, 0.6) is 0 Å². The van der Waals surface area contributed by atoms with E-state index < -0.39 is 25.2 Å². The SMILES string of the molecule is CC1CN(c2nc3c(N4CCOCC4)nc(-c4cnc(N)nc4)nc3n2CC(F)(F)F)CC(C)N1C(=O)CO. The van der Waals surface area contributed by atoms with Crippen LogP contribution in [0.2, 0.25) is 0 Å². The number of aliphatic hydroxyl groups is 1. The Morgan fingerprint density at radius 2 is 1.72 bits per heavy atom. The third kappa shape index (κ3) is 5.38. The largest absolute Gasteiger partial charge is 0.406 e. The van der Waals surface area contributed by atoms with Crippen molar-refractivity contribution in [2.45, 2.75) is 38.7 Å². The number of morpholine rings is 1. The number of alkyl halides is 3. The lowest BCUT2D eigenvalue weighted by atomic mass is 10.1. The molecule has 13 nitrogen and oxygen atoms in total. The summed E-state index contributed by atoms with van der Waals surface area (Å²) in [6, 6.07) is -0.750. The Morgan fingerprint density at radius 3 is 2.31 bits per heavy atom. The summed E-state index contributed by atoms with van der Waals surface area (Å²) in [5.41, 5.74) is 6.24. The molecule has 0 spiro atoms. The number of nitrogens with two attached hydrogens (primary N) is 1. The molecule has 5 rings (SSSR count). The van der Waals surface area contributed by atoms with Crippen LogP contribution in [0.15, 0.2) is 12.4 Å². The van der Waals surface area contributed by atoms with Crippen LogP contribution in [0.25, 0.3) is 22.6 Å². The van der Waals surface area contributed by atoms with Gasteiger partial charge in [-0.05, 0) is 13.8 Å². The van der Waals surface area contributed by atoms with Crippen LogP contribution < -0.4 is 15.5 Å². The minimum atomic E-state index is -4.57. The molecular weight excluding hydrogens is 521 g/mol. The van der Waals surface area contributed by atoms with Crippen molar-refractivity contribution in [3.05, 3.63) is 12.4 Å². The number of fused-ring (bicyclic) bond motifs is 1. The topological polar surface area (TPSA) is 152 Å². The summed E-state index contributed by atoms with van der Waals surface area (Å²) >= 11 is 0. The van der Waals surface area contributed by atoms with Gasteiger partial charge in [-0.3, -0.25) is 9.36 Å². The highest BCUT2D eigenvalue weighted by Gasteiger charge is 2.38. The lowest BCUT2D eigenvalue weighted by Gasteiger charge is -2.44. The normalized spacial score (nSPS) is 20.6. The van der Waals surface area contributed by atoms with Crippen molar-refractivity contribution in [1.82, 2.24) is 34.4 Å². The average molecular weight is 551 g/mol. The Hall–Kier alpha value is -3.79. The molecule has 2 atom stereocenters. The van der Waals surface area contributed by atoms with Gasteiger partial charge in [-0.15, -0.1) is 0 Å². The van der Waals surface area contributed by atoms with Crippen LogP contribution in [-0.4, -0.2) is 110 Å². The summed E-state index contributed by atoms with van der Waals surface area (Å²) in [6.07, 6.45) is -1.74. The zero-order valence-corrected chi connectivity index (χ0v) is 21.5. The number of amides is 1. The van der Waals surface area contributed by atoms with E-state index in [0.717, 1.165) is 4.57 Å². The van der Waals surface area contributed by atoms with Crippen LogP contribution >= 0.6 is 0 Å². The number of ether oxygens (including phenoxy) is 1. The molecule has 2 aliphatic heterocycles. The Bertz CT molecular complexity index is 1330. The fraction of sp³-hybridized carbons (Fsp3) is 0.565. The van der Waals surface area contributed by atoms with Crippen molar-refractivity contribution < 1.29 is 27.8 Å². The molecule has 1 amide bonds. The van der Waals surface area contributed by atoms with Gasteiger partial charge < -0.3 is 30.3 Å². The molecule has 0 aromatic carbocycles. The van der Waals surface area contributed by atoms with E-state index in [9.17, 15) is 23.1 Å². The maximum Gasteiger partial charge on any atom is 0.406 e. The number of imidazole rings is 1. The minimum Gasteiger partial charge on any atom is -0.387 e. The second-order valence-corrected chi connectivity index (χ2v) is 9.65. The summed E-state index contributed by atoms with van der Waals surface area (Å²) in [7, 11) is 0. The number of hydrogen-bond acceptors (Lipinski definition) is 11. The summed E-state index contributed by atoms with van der Waals surface area (Å²) in [5.74, 6) is 0.201. The van der Waals surface area contributed by atoms with Gasteiger partial charge in [-0.1, -0.05) is 0 Å². The summed E-state index contributed by atoms with van der Waals surface area (Å²) < 4.78 is 48.3. The minimum absolute atomic E-state index is 0.0137. The number of aromatic nitrogens is 6. The van der Waals surface area contributed by atoms with Gasteiger partial charge in [0.1, 0.15) is 13.2 Å². The zero-order valence-electron chi connectivity index (χ0n) is 21.5. The number of piperazine rings is 1. The molecule has 5 heterocycles. The Kier molecular flexibility index (Phi) is 7.15. The lowest BCUT2D eigenvalue weighted by molar-refractivity contribution is -0.139. The molecule has 3 N–H and O–H groups in total. The van der Waals surface area contributed by atoms with Crippen molar-refractivity contribution in [3.63, 3.8) is 0 Å². The first kappa shape index (κ1) is 26.8. The number of hydrogen-bond donors (Lipinski definition) is 2. The predicted molar refractivity (Wildman–Crippen MR) is 135 cm³/mol. The molecule has 2 fully saturated rings. The number of carbonyl (C=O) groups excluding carboxylic acids is 1. The molecule has 2 aliphatic rings. The molecule has 3 aromatic heterocycles. The van der Waals surface area contributed by atoms with E-state index in [1.165, 1.54) is 12.4 Å². The number of rotatable bonds is 5. The molecule has 0 saturated carbocycles. The van der Waals surface area contributed by atoms with E-state index >= 15 is 0 Å². The summed E-state index contributed by atoms with van der Waals surface area (Å²) in [4.78, 5) is 39.3. The molecule has 0 aliphatic carbocycles. The number of carbonyl (C=O) groups is 1. The summed E-state index contributed by atoms with van der Waals surface area (Å²) in [5, 5.41) is 9.37. The highest BCUT2D eigenvalue weighted by molar-refractivity contribution is 5.88. The van der Waals surface area contributed by atoms with Crippen molar-refractivity contribution in [1.29, 1.82) is 0 Å². The second-order valence-electron chi connectivity index (χ2n) is 9.65.